The summed E-state index contributed by atoms with van der Waals surface area (Å²) in [5.74, 6) is 0.693. The second kappa shape index (κ2) is 7.33. The molecule has 0 saturated carbocycles. The summed E-state index contributed by atoms with van der Waals surface area (Å²) < 4.78 is 6.27. The normalized spacial score (nSPS) is 16.8. The summed E-state index contributed by atoms with van der Waals surface area (Å²) in [7, 11) is 0. The van der Waals surface area contributed by atoms with E-state index >= 15 is 0 Å². The van der Waals surface area contributed by atoms with Crippen molar-refractivity contribution in [3.05, 3.63) is 47.5 Å². The van der Waals surface area contributed by atoms with E-state index in [0.29, 0.717) is 5.92 Å². The second-order valence-electron chi connectivity index (χ2n) is 6.48. The van der Waals surface area contributed by atoms with E-state index in [-0.39, 0.29) is 4.77 Å². The summed E-state index contributed by atoms with van der Waals surface area (Å²) in [5.41, 5.74) is 5.40. The van der Waals surface area contributed by atoms with Gasteiger partial charge in [-0.1, -0.05) is 67.7 Å². The van der Waals surface area contributed by atoms with Gasteiger partial charge in [-0.05, 0) is 54.5 Å². The van der Waals surface area contributed by atoms with E-state index in [0.717, 1.165) is 13.0 Å². The Kier molecular flexibility index (Phi) is 5.40. The van der Waals surface area contributed by atoms with Crippen molar-refractivity contribution < 1.29 is 4.74 Å². The minimum atomic E-state index is 0.188. The summed E-state index contributed by atoms with van der Waals surface area (Å²) in [5, 5.41) is 0. The van der Waals surface area contributed by atoms with Gasteiger partial charge in [0.25, 0.3) is 0 Å². The van der Waals surface area contributed by atoms with Gasteiger partial charge in [0, 0.05) is 16.4 Å². The lowest BCUT2D eigenvalue weighted by Gasteiger charge is -2.14. The highest BCUT2D eigenvalue weighted by Gasteiger charge is 2.27. The predicted octanol–water partition coefficient (Wildman–Crippen LogP) is 6.51. The third-order valence-corrected chi connectivity index (χ3v) is 6.75. The predicted molar refractivity (Wildman–Crippen MR) is 102 cm³/mol. The van der Waals surface area contributed by atoms with Crippen LogP contribution in [0.4, 0.5) is 0 Å². The Labute approximate surface area is 148 Å². The SMILES string of the molecule is Cc1ccccc1-c1c(C)ccc2c1SC(OCCC(C)C)S2. The lowest BCUT2D eigenvalue weighted by molar-refractivity contribution is 0.151. The fourth-order valence-corrected chi connectivity index (χ4v) is 5.49. The van der Waals surface area contributed by atoms with Crippen molar-refractivity contribution in [2.24, 2.45) is 5.92 Å². The lowest BCUT2D eigenvalue weighted by atomic mass is 9.97. The molecule has 0 N–H and O–H groups in total. The van der Waals surface area contributed by atoms with Crippen molar-refractivity contribution in [3.63, 3.8) is 0 Å². The molecule has 1 unspecified atom stereocenters. The maximum absolute atomic E-state index is 6.08. The Morgan fingerprint density at radius 2 is 1.78 bits per heavy atom. The molecule has 3 heteroatoms. The van der Waals surface area contributed by atoms with Crippen molar-refractivity contribution in [2.75, 3.05) is 6.61 Å². The van der Waals surface area contributed by atoms with Gasteiger partial charge in [0.05, 0.1) is 0 Å². The fourth-order valence-electron chi connectivity index (χ4n) is 2.75. The zero-order valence-electron chi connectivity index (χ0n) is 14.3. The second-order valence-corrected chi connectivity index (χ2v) is 8.95. The number of thioether (sulfide) groups is 2. The molecule has 1 heterocycles. The van der Waals surface area contributed by atoms with Crippen molar-refractivity contribution in [1.29, 1.82) is 0 Å². The van der Waals surface area contributed by atoms with Crippen LogP contribution in [0.1, 0.15) is 31.4 Å². The molecule has 0 spiro atoms. The molecule has 0 bridgehead atoms. The molecule has 1 atom stereocenters. The van der Waals surface area contributed by atoms with Crippen LogP contribution in [0.5, 0.6) is 0 Å². The first-order valence-electron chi connectivity index (χ1n) is 8.21. The van der Waals surface area contributed by atoms with E-state index < -0.39 is 0 Å². The molecular weight excluding hydrogens is 320 g/mol. The molecule has 122 valence electrons. The van der Waals surface area contributed by atoms with E-state index in [2.05, 4.69) is 64.1 Å². The average molecular weight is 345 g/mol. The quantitative estimate of drug-likeness (QED) is 0.611. The van der Waals surface area contributed by atoms with Crippen LogP contribution in [0.25, 0.3) is 11.1 Å². The smallest absolute Gasteiger partial charge is 0.158 e. The molecule has 0 aromatic heterocycles. The van der Waals surface area contributed by atoms with Gasteiger partial charge in [-0.2, -0.15) is 0 Å². The number of ether oxygens (including phenoxy) is 1. The van der Waals surface area contributed by atoms with Gasteiger partial charge in [-0.25, -0.2) is 0 Å². The Morgan fingerprint density at radius 3 is 2.52 bits per heavy atom. The first kappa shape index (κ1) is 16.9. The summed E-state index contributed by atoms with van der Waals surface area (Å²) in [6, 6.07) is 13.1. The first-order chi connectivity index (χ1) is 11.1. The van der Waals surface area contributed by atoms with Crippen LogP contribution < -0.4 is 0 Å². The standard InChI is InChI=1S/C20H24OS2/c1-13(2)11-12-21-20-22-17-10-9-15(4)18(19(17)23-20)16-8-6-5-7-14(16)3/h5-10,13,20H,11-12H2,1-4H3. The molecule has 0 saturated heterocycles. The topological polar surface area (TPSA) is 9.23 Å². The van der Waals surface area contributed by atoms with E-state index in [1.54, 1.807) is 0 Å². The Morgan fingerprint density at radius 1 is 1.00 bits per heavy atom. The van der Waals surface area contributed by atoms with Crippen LogP contribution in [-0.4, -0.2) is 11.4 Å². The van der Waals surface area contributed by atoms with Gasteiger partial charge in [-0.15, -0.1) is 0 Å². The summed E-state index contributed by atoms with van der Waals surface area (Å²) in [4.78, 5) is 2.74. The number of hydrogen-bond donors (Lipinski definition) is 0. The average Bonchev–Trinajstić information content (AvgIpc) is 2.91. The molecule has 2 aromatic rings. The molecule has 23 heavy (non-hydrogen) atoms. The van der Waals surface area contributed by atoms with Gasteiger partial charge in [0.2, 0.25) is 0 Å². The van der Waals surface area contributed by atoms with Crippen LogP contribution in [-0.2, 0) is 4.74 Å². The van der Waals surface area contributed by atoms with Gasteiger partial charge >= 0.3 is 0 Å². The number of aryl methyl sites for hydroxylation is 2. The Bertz CT molecular complexity index is 694. The zero-order chi connectivity index (χ0) is 16.4. The highest BCUT2D eigenvalue weighted by Crippen LogP contribution is 2.53. The number of hydrogen-bond acceptors (Lipinski definition) is 3. The van der Waals surface area contributed by atoms with Crippen LogP contribution in [0, 0.1) is 19.8 Å². The molecule has 2 aromatic carbocycles. The minimum Gasteiger partial charge on any atom is -0.357 e. The molecule has 1 nitrogen and oxygen atoms in total. The van der Waals surface area contributed by atoms with Crippen molar-refractivity contribution in [2.45, 2.75) is 48.7 Å². The van der Waals surface area contributed by atoms with Crippen molar-refractivity contribution in [1.82, 2.24) is 0 Å². The number of rotatable bonds is 5. The maximum Gasteiger partial charge on any atom is 0.158 e. The number of fused-ring (bicyclic) bond motifs is 1. The summed E-state index contributed by atoms with van der Waals surface area (Å²) in [6.45, 7) is 9.73. The van der Waals surface area contributed by atoms with Gasteiger partial charge in [0.1, 0.15) is 0 Å². The van der Waals surface area contributed by atoms with Crippen molar-refractivity contribution >= 4 is 23.5 Å². The molecule has 1 aliphatic rings. The van der Waals surface area contributed by atoms with Gasteiger partial charge in [-0.3, -0.25) is 0 Å². The highest BCUT2D eigenvalue weighted by atomic mass is 32.2. The highest BCUT2D eigenvalue weighted by molar-refractivity contribution is 8.19. The largest absolute Gasteiger partial charge is 0.357 e. The maximum atomic E-state index is 6.08. The van der Waals surface area contributed by atoms with E-state index in [4.69, 9.17) is 4.74 Å². The first-order valence-corrected chi connectivity index (χ1v) is 9.96. The van der Waals surface area contributed by atoms with E-state index in [1.165, 1.54) is 32.0 Å². The monoisotopic (exact) mass is 344 g/mol. The zero-order valence-corrected chi connectivity index (χ0v) is 15.9. The van der Waals surface area contributed by atoms with Crippen LogP contribution in [0.2, 0.25) is 0 Å². The van der Waals surface area contributed by atoms with E-state index in [1.807, 2.05) is 23.5 Å². The summed E-state index contributed by atoms with van der Waals surface area (Å²) >= 11 is 3.72. The van der Waals surface area contributed by atoms with Crippen LogP contribution >= 0.6 is 23.5 Å². The molecule has 0 aliphatic carbocycles. The molecular formula is C20H24OS2. The van der Waals surface area contributed by atoms with Crippen molar-refractivity contribution in [3.8, 4) is 11.1 Å². The van der Waals surface area contributed by atoms with E-state index in [9.17, 15) is 0 Å². The molecule has 0 fully saturated rings. The Hall–Kier alpha value is -0.900. The molecule has 0 radical (unpaired) electrons. The fraction of sp³-hybridized carbons (Fsp3) is 0.400. The summed E-state index contributed by atoms with van der Waals surface area (Å²) in [6.07, 6.45) is 1.12. The lowest BCUT2D eigenvalue weighted by Crippen LogP contribution is -2.04. The van der Waals surface area contributed by atoms with Gasteiger partial charge in [0.15, 0.2) is 4.77 Å². The Balaban J connectivity index is 1.86. The van der Waals surface area contributed by atoms with Crippen LogP contribution in [0.15, 0.2) is 46.2 Å². The third-order valence-electron chi connectivity index (χ3n) is 4.13. The number of benzene rings is 2. The molecule has 0 amide bonds. The van der Waals surface area contributed by atoms with Gasteiger partial charge < -0.3 is 4.74 Å². The molecule has 1 aliphatic heterocycles. The minimum absolute atomic E-state index is 0.188. The molecule has 3 rings (SSSR count). The third kappa shape index (κ3) is 3.78. The van der Waals surface area contributed by atoms with Crippen LogP contribution in [0.3, 0.4) is 0 Å².